The fraction of sp³-hybridized carbons (Fsp3) is 0.889. The van der Waals surface area contributed by atoms with E-state index < -0.39 is 30.5 Å². The average molecular weight is 222 g/mol. The van der Waals surface area contributed by atoms with Gasteiger partial charge in [0.05, 0.1) is 5.54 Å². The van der Waals surface area contributed by atoms with Gasteiger partial charge in [0.25, 0.3) is 6.43 Å². The van der Waals surface area contributed by atoms with E-state index >= 15 is 0 Å². The molecule has 1 aliphatic carbocycles. The predicted molar refractivity (Wildman–Crippen MR) is 50.3 cm³/mol. The summed E-state index contributed by atoms with van der Waals surface area (Å²) in [5, 5.41) is 11.0. The van der Waals surface area contributed by atoms with Crippen LogP contribution < -0.4 is 11.1 Å². The fourth-order valence-corrected chi connectivity index (χ4v) is 1.35. The van der Waals surface area contributed by atoms with Crippen molar-refractivity contribution in [3.05, 3.63) is 0 Å². The first kappa shape index (κ1) is 12.3. The van der Waals surface area contributed by atoms with Crippen molar-refractivity contribution >= 4 is 5.91 Å². The van der Waals surface area contributed by atoms with Crippen molar-refractivity contribution in [2.24, 2.45) is 11.7 Å². The van der Waals surface area contributed by atoms with Crippen molar-refractivity contribution in [3.8, 4) is 0 Å². The first-order valence-electron chi connectivity index (χ1n) is 4.89. The van der Waals surface area contributed by atoms with Crippen LogP contribution in [0, 0.1) is 5.92 Å². The monoisotopic (exact) mass is 222 g/mol. The quantitative estimate of drug-likeness (QED) is 0.606. The molecule has 1 rings (SSSR count). The maximum Gasteiger partial charge on any atom is 0.265 e. The second-order valence-electron chi connectivity index (χ2n) is 4.17. The normalized spacial score (nSPS) is 22.3. The summed E-state index contributed by atoms with van der Waals surface area (Å²) in [7, 11) is 0. The van der Waals surface area contributed by atoms with Crippen LogP contribution in [-0.2, 0) is 4.79 Å². The molecule has 0 aromatic rings. The number of carbonyl (C=O) groups is 1. The molecule has 1 aliphatic rings. The number of hydrogen-bond donors (Lipinski definition) is 3. The van der Waals surface area contributed by atoms with Crippen LogP contribution in [0.4, 0.5) is 8.78 Å². The minimum atomic E-state index is -2.85. The molecule has 4 N–H and O–H groups in total. The molecule has 0 aromatic carbocycles. The summed E-state index contributed by atoms with van der Waals surface area (Å²) in [5.74, 6) is -0.356. The van der Waals surface area contributed by atoms with Crippen LogP contribution in [-0.4, -0.2) is 35.6 Å². The zero-order valence-corrected chi connectivity index (χ0v) is 8.54. The van der Waals surface area contributed by atoms with Gasteiger partial charge in [-0.2, -0.15) is 0 Å². The van der Waals surface area contributed by atoms with Crippen molar-refractivity contribution in [3.63, 3.8) is 0 Å². The van der Waals surface area contributed by atoms with Gasteiger partial charge in [0.2, 0.25) is 5.91 Å². The van der Waals surface area contributed by atoms with Crippen molar-refractivity contribution in [1.82, 2.24) is 5.32 Å². The number of alkyl halides is 2. The number of aliphatic hydroxyl groups excluding tert-OH is 1. The Balaban J connectivity index is 2.35. The molecule has 0 aliphatic heterocycles. The van der Waals surface area contributed by atoms with E-state index in [2.05, 4.69) is 5.32 Å². The number of carbonyl (C=O) groups excluding carboxylic acids is 1. The molecule has 1 amide bonds. The van der Waals surface area contributed by atoms with Crippen LogP contribution >= 0.6 is 0 Å². The van der Waals surface area contributed by atoms with E-state index in [9.17, 15) is 13.6 Å². The smallest absolute Gasteiger partial charge is 0.265 e. The molecule has 1 saturated carbocycles. The van der Waals surface area contributed by atoms with Crippen LogP contribution in [0.1, 0.15) is 19.8 Å². The highest BCUT2D eigenvalue weighted by atomic mass is 19.3. The summed E-state index contributed by atoms with van der Waals surface area (Å²) in [4.78, 5) is 11.5. The molecule has 0 saturated heterocycles. The first-order valence-corrected chi connectivity index (χ1v) is 4.89. The van der Waals surface area contributed by atoms with Crippen LogP contribution in [0.3, 0.4) is 0 Å². The van der Waals surface area contributed by atoms with Gasteiger partial charge < -0.3 is 16.2 Å². The van der Waals surface area contributed by atoms with Crippen LogP contribution in [0.2, 0.25) is 0 Å². The van der Waals surface area contributed by atoms with Gasteiger partial charge in [-0.15, -0.1) is 0 Å². The van der Waals surface area contributed by atoms with Gasteiger partial charge in [-0.3, -0.25) is 4.79 Å². The molecule has 4 nitrogen and oxygen atoms in total. The number of nitrogens with two attached hydrogens (primary N) is 1. The van der Waals surface area contributed by atoms with Gasteiger partial charge in [-0.25, -0.2) is 8.78 Å². The molecule has 0 bridgehead atoms. The lowest BCUT2D eigenvalue weighted by molar-refractivity contribution is -0.127. The Bertz CT molecular complexity index is 242. The highest BCUT2D eigenvalue weighted by Crippen LogP contribution is 2.38. The van der Waals surface area contributed by atoms with E-state index in [0.29, 0.717) is 0 Å². The largest absolute Gasteiger partial charge is 0.385 e. The third-order valence-electron chi connectivity index (χ3n) is 2.68. The molecular formula is C9H16F2N2O2. The summed E-state index contributed by atoms with van der Waals surface area (Å²) in [6, 6.07) is 0. The van der Waals surface area contributed by atoms with Crippen LogP contribution in [0.15, 0.2) is 0 Å². The van der Waals surface area contributed by atoms with Gasteiger partial charge in [0.1, 0.15) is 6.10 Å². The number of hydrogen-bond acceptors (Lipinski definition) is 3. The van der Waals surface area contributed by atoms with Crippen molar-refractivity contribution in [1.29, 1.82) is 0 Å². The maximum atomic E-state index is 11.9. The minimum Gasteiger partial charge on any atom is -0.385 e. The molecule has 6 heteroatoms. The molecule has 0 heterocycles. The highest BCUT2D eigenvalue weighted by Gasteiger charge is 2.44. The minimum absolute atomic E-state index is 0.126. The first-order chi connectivity index (χ1) is 6.85. The summed E-state index contributed by atoms with van der Waals surface area (Å²) < 4.78 is 23.8. The summed E-state index contributed by atoms with van der Waals surface area (Å²) in [6.45, 7) is 1.12. The zero-order valence-electron chi connectivity index (χ0n) is 8.54. The molecule has 0 radical (unpaired) electrons. The van der Waals surface area contributed by atoms with E-state index in [1.807, 2.05) is 0 Å². The Morgan fingerprint density at radius 2 is 2.20 bits per heavy atom. The Morgan fingerprint density at radius 1 is 1.67 bits per heavy atom. The van der Waals surface area contributed by atoms with Crippen molar-refractivity contribution < 1.29 is 18.7 Å². The van der Waals surface area contributed by atoms with Gasteiger partial charge in [-0.1, -0.05) is 0 Å². The van der Waals surface area contributed by atoms with Crippen molar-refractivity contribution in [2.75, 3.05) is 6.54 Å². The Kier molecular flexibility index (Phi) is 3.62. The van der Waals surface area contributed by atoms with E-state index in [-0.39, 0.29) is 5.92 Å². The Labute approximate surface area is 86.8 Å². The second kappa shape index (κ2) is 4.40. The van der Waals surface area contributed by atoms with Gasteiger partial charge in [-0.05, 0) is 25.7 Å². The number of rotatable bonds is 5. The molecule has 2 unspecified atom stereocenters. The molecule has 1 fully saturated rings. The van der Waals surface area contributed by atoms with Gasteiger partial charge >= 0.3 is 0 Å². The van der Waals surface area contributed by atoms with Crippen LogP contribution in [0.25, 0.3) is 0 Å². The lowest BCUT2D eigenvalue weighted by atomic mass is 9.96. The lowest BCUT2D eigenvalue weighted by Gasteiger charge is -2.23. The third kappa shape index (κ3) is 3.10. The van der Waals surface area contributed by atoms with Crippen LogP contribution in [0.5, 0.6) is 0 Å². The summed E-state index contributed by atoms with van der Waals surface area (Å²) in [6.07, 6.45) is -2.91. The molecule has 15 heavy (non-hydrogen) atoms. The SMILES string of the molecule is CC(N)(C(=O)NCC(O)C(F)F)C1CC1. The molecule has 2 atom stereocenters. The van der Waals surface area contributed by atoms with E-state index in [4.69, 9.17) is 10.8 Å². The Morgan fingerprint density at radius 3 is 2.60 bits per heavy atom. The topological polar surface area (TPSA) is 75.4 Å². The zero-order chi connectivity index (χ0) is 11.6. The van der Waals surface area contributed by atoms with E-state index in [1.165, 1.54) is 0 Å². The Hall–Kier alpha value is -0.750. The number of nitrogens with one attached hydrogen (secondary N) is 1. The third-order valence-corrected chi connectivity index (χ3v) is 2.68. The fourth-order valence-electron chi connectivity index (χ4n) is 1.35. The highest BCUT2D eigenvalue weighted by molar-refractivity contribution is 5.86. The van der Waals surface area contributed by atoms with E-state index in [1.54, 1.807) is 6.92 Å². The summed E-state index contributed by atoms with van der Waals surface area (Å²) in [5.41, 5.74) is 4.73. The number of halogens is 2. The predicted octanol–water partition coefficient (Wildman–Crippen LogP) is -0.144. The van der Waals surface area contributed by atoms with Crippen molar-refractivity contribution in [2.45, 2.75) is 37.8 Å². The van der Waals surface area contributed by atoms with E-state index in [0.717, 1.165) is 12.8 Å². The molecule has 0 spiro atoms. The molecule has 88 valence electrons. The average Bonchev–Trinajstić information content (AvgIpc) is 2.95. The maximum absolute atomic E-state index is 11.9. The van der Waals surface area contributed by atoms with Gasteiger partial charge in [0, 0.05) is 6.54 Å². The molecule has 0 aromatic heterocycles. The van der Waals surface area contributed by atoms with Gasteiger partial charge in [0.15, 0.2) is 0 Å². The lowest BCUT2D eigenvalue weighted by Crippen LogP contribution is -2.54. The summed E-state index contributed by atoms with van der Waals surface area (Å²) >= 11 is 0. The standard InChI is InChI=1S/C9H16F2N2O2/c1-9(12,5-2-3-5)8(15)13-4-6(14)7(10)11/h5-7,14H,2-4,12H2,1H3,(H,13,15). The molecular weight excluding hydrogens is 206 g/mol. The number of aliphatic hydroxyl groups is 1. The second-order valence-corrected chi connectivity index (χ2v) is 4.17. The number of amides is 1.